The molecule has 1 aliphatic heterocycles. The van der Waals surface area contributed by atoms with Gasteiger partial charge in [0, 0.05) is 0 Å². The number of hydrogen-bond donors (Lipinski definition) is 0. The maximum absolute atomic E-state index is 2.90. The first kappa shape index (κ1) is 5.51. The first-order chi connectivity index (χ1) is 2.00. The molecule has 0 saturated carbocycles. The molecule has 1 rings (SSSR count). The largest absolute Gasteiger partial charge is 1.00 e. The van der Waals surface area contributed by atoms with Gasteiger partial charge < -0.3 is 0 Å². The summed E-state index contributed by atoms with van der Waals surface area (Å²) in [6, 6.07) is 0. The Morgan fingerprint density at radius 2 is 1.80 bits per heavy atom. The molecule has 20 valence electrons. The maximum Gasteiger partial charge on any atom is 1.00 e. The zero-order valence-electron chi connectivity index (χ0n) is 3.10. The van der Waals surface area contributed by atoms with Gasteiger partial charge in [-0.1, -0.05) is 0 Å². The van der Waals surface area contributed by atoms with Crippen LogP contribution < -0.4 is 18.9 Å². The average molecular weight is 76.0 g/mol. The standard InChI is InChI=1S/C3H2P.Li/c1-2-4-3-1;/h1-2H;/q-1;+1. The van der Waals surface area contributed by atoms with Crippen molar-refractivity contribution < 1.29 is 18.9 Å². The SMILES string of the molecule is [C-]1=PC=C1.[Li+]. The van der Waals surface area contributed by atoms with Crippen LogP contribution in [0, 0.1) is 0 Å². The van der Waals surface area contributed by atoms with Gasteiger partial charge in [0.25, 0.3) is 0 Å². The number of allylic oxidation sites excluding steroid dienone is 1. The molecule has 0 spiro atoms. The molecule has 0 aromatic rings. The second-order valence-corrected chi connectivity index (χ2v) is 1.39. The summed E-state index contributed by atoms with van der Waals surface area (Å²) in [6.07, 6.45) is 1.92. The molecule has 0 atom stereocenters. The Balaban J connectivity index is 0.000000160. The van der Waals surface area contributed by atoms with Crippen molar-refractivity contribution in [2.24, 2.45) is 0 Å². The topological polar surface area (TPSA) is 0 Å². The van der Waals surface area contributed by atoms with Gasteiger partial charge in [0.2, 0.25) is 0 Å². The van der Waals surface area contributed by atoms with Gasteiger partial charge in [0.05, 0.1) is 0 Å². The summed E-state index contributed by atoms with van der Waals surface area (Å²) in [4.78, 5) is 0. The molecule has 0 bridgehead atoms. The Morgan fingerprint density at radius 1 is 1.60 bits per heavy atom. The predicted molar refractivity (Wildman–Crippen MR) is 21.1 cm³/mol. The van der Waals surface area contributed by atoms with E-state index in [-0.39, 0.29) is 18.9 Å². The molecular formula is C3H2LiP. The fraction of sp³-hybridized carbons (Fsp3) is 0. The smallest absolute Gasteiger partial charge is 0.293 e. The Hall–Kier alpha value is 0.507. The van der Waals surface area contributed by atoms with E-state index in [1.54, 1.807) is 0 Å². The Bertz CT molecular complexity index is 47.3. The van der Waals surface area contributed by atoms with Crippen molar-refractivity contribution in [1.29, 1.82) is 0 Å². The van der Waals surface area contributed by atoms with Gasteiger partial charge in [-0.25, -0.2) is 17.7 Å². The number of hydrogen-bond acceptors (Lipinski definition) is 0. The fourth-order valence-corrected chi connectivity index (χ4v) is 0.224. The molecule has 0 aromatic heterocycles. The van der Waals surface area contributed by atoms with E-state index in [0.29, 0.717) is 0 Å². The molecule has 0 fully saturated rings. The molecule has 2 heteroatoms. The van der Waals surface area contributed by atoms with Crippen molar-refractivity contribution >= 4 is 14.0 Å². The quantitative estimate of drug-likeness (QED) is 0.180. The van der Waals surface area contributed by atoms with E-state index in [2.05, 4.69) is 5.80 Å². The Kier molecular flexibility index (Phi) is 3.01. The zero-order chi connectivity index (χ0) is 2.83. The van der Waals surface area contributed by atoms with Gasteiger partial charge in [-0.05, 0) is 0 Å². The normalized spacial score (nSPS) is 16.0. The van der Waals surface area contributed by atoms with Crippen LogP contribution in [-0.4, -0.2) is 5.80 Å². The van der Waals surface area contributed by atoms with Crippen molar-refractivity contribution in [3.63, 3.8) is 0 Å². The molecule has 0 N–H and O–H groups in total. The van der Waals surface area contributed by atoms with E-state index < -0.39 is 0 Å². The van der Waals surface area contributed by atoms with Crippen LogP contribution in [-0.2, 0) is 0 Å². The molecule has 5 heavy (non-hydrogen) atoms. The molecule has 1 aliphatic rings. The Morgan fingerprint density at radius 3 is 1.80 bits per heavy atom. The zero-order valence-corrected chi connectivity index (χ0v) is 4.00. The van der Waals surface area contributed by atoms with Gasteiger partial charge in [-0.3, -0.25) is 8.20 Å². The van der Waals surface area contributed by atoms with E-state index in [4.69, 9.17) is 0 Å². The molecular weight excluding hydrogens is 73.9 g/mol. The summed E-state index contributed by atoms with van der Waals surface area (Å²) in [7, 11) is 1.25. The summed E-state index contributed by atoms with van der Waals surface area (Å²) in [5, 5.41) is 0. The molecule has 0 radical (unpaired) electrons. The summed E-state index contributed by atoms with van der Waals surface area (Å²) in [6.45, 7) is 0. The van der Waals surface area contributed by atoms with Crippen molar-refractivity contribution in [2.75, 3.05) is 0 Å². The van der Waals surface area contributed by atoms with E-state index >= 15 is 0 Å². The minimum atomic E-state index is 0. The van der Waals surface area contributed by atoms with Crippen LogP contribution >= 0.6 is 8.20 Å². The van der Waals surface area contributed by atoms with Crippen LogP contribution in [0.5, 0.6) is 0 Å². The van der Waals surface area contributed by atoms with Gasteiger partial charge in [-0.15, -0.1) is 0 Å². The molecule has 1 heterocycles. The summed E-state index contributed by atoms with van der Waals surface area (Å²) < 4.78 is 0. The number of rotatable bonds is 0. The third-order valence-electron chi connectivity index (χ3n) is 0.298. The van der Waals surface area contributed by atoms with Crippen LogP contribution in [0.2, 0.25) is 0 Å². The van der Waals surface area contributed by atoms with Crippen molar-refractivity contribution in [2.45, 2.75) is 0 Å². The molecule has 0 unspecified atom stereocenters. The van der Waals surface area contributed by atoms with Gasteiger partial charge in [0.1, 0.15) is 0 Å². The first-order valence-electron chi connectivity index (χ1n) is 1.10. The maximum atomic E-state index is 2.90. The molecule has 0 aliphatic carbocycles. The van der Waals surface area contributed by atoms with E-state index in [9.17, 15) is 0 Å². The van der Waals surface area contributed by atoms with Crippen molar-refractivity contribution in [3.05, 3.63) is 11.9 Å². The second kappa shape index (κ2) is 2.73. The predicted octanol–water partition coefficient (Wildman–Crippen LogP) is -1.86. The fourth-order valence-electron chi connectivity index (χ4n) is 0.0745. The minimum absolute atomic E-state index is 0. The average Bonchev–Trinajstić information content (AvgIpc) is 0.722. The van der Waals surface area contributed by atoms with Crippen LogP contribution in [0.1, 0.15) is 0 Å². The van der Waals surface area contributed by atoms with Crippen LogP contribution in [0.4, 0.5) is 0 Å². The van der Waals surface area contributed by atoms with Crippen LogP contribution in [0.3, 0.4) is 0 Å². The van der Waals surface area contributed by atoms with Crippen LogP contribution in [0.25, 0.3) is 0 Å². The molecule has 0 saturated heterocycles. The van der Waals surface area contributed by atoms with Gasteiger partial charge in [-0.2, -0.15) is 0 Å². The molecule has 0 aromatic carbocycles. The van der Waals surface area contributed by atoms with Crippen molar-refractivity contribution in [1.82, 2.24) is 0 Å². The van der Waals surface area contributed by atoms with E-state index in [1.165, 1.54) is 8.20 Å². The van der Waals surface area contributed by atoms with Gasteiger partial charge in [0.15, 0.2) is 0 Å². The molecule has 0 nitrogen and oxygen atoms in total. The summed E-state index contributed by atoms with van der Waals surface area (Å²) in [5.74, 6) is 4.94. The van der Waals surface area contributed by atoms with E-state index in [1.807, 2.05) is 11.9 Å². The summed E-state index contributed by atoms with van der Waals surface area (Å²) >= 11 is 0. The third-order valence-corrected chi connectivity index (χ3v) is 0.894. The van der Waals surface area contributed by atoms with E-state index in [0.717, 1.165) is 0 Å². The third kappa shape index (κ3) is 1.39. The Labute approximate surface area is 45.2 Å². The first-order valence-corrected chi connectivity index (χ1v) is 2.07. The minimum Gasteiger partial charge on any atom is -0.293 e. The second-order valence-electron chi connectivity index (χ2n) is 0.574. The molecule has 0 amide bonds. The monoisotopic (exact) mass is 76.0 g/mol. The summed E-state index contributed by atoms with van der Waals surface area (Å²) in [5.41, 5.74) is 0. The van der Waals surface area contributed by atoms with Crippen LogP contribution in [0.15, 0.2) is 11.9 Å². The van der Waals surface area contributed by atoms with Crippen molar-refractivity contribution in [3.8, 4) is 0 Å². The van der Waals surface area contributed by atoms with Gasteiger partial charge >= 0.3 is 18.9 Å².